The van der Waals surface area contributed by atoms with E-state index in [4.69, 9.17) is 0 Å². The first-order chi connectivity index (χ1) is 9.39. The van der Waals surface area contributed by atoms with E-state index in [0.717, 1.165) is 10.4 Å². The fraction of sp³-hybridized carbons (Fsp3) is 0.214. The van der Waals surface area contributed by atoms with E-state index < -0.39 is 12.8 Å². The average Bonchev–Trinajstić information content (AvgIpc) is 2.81. The van der Waals surface area contributed by atoms with Gasteiger partial charge >= 0.3 is 6.18 Å². The number of hydrogen-bond acceptors (Lipinski definition) is 3. The molecule has 2 rings (SSSR count). The van der Waals surface area contributed by atoms with Gasteiger partial charge in [0.2, 0.25) is 0 Å². The van der Waals surface area contributed by atoms with Crippen molar-refractivity contribution in [3.63, 3.8) is 0 Å². The number of aryl methyl sites for hydroxylation is 1. The van der Waals surface area contributed by atoms with Crippen molar-refractivity contribution in [2.45, 2.75) is 13.1 Å². The topological polar surface area (TPSA) is 26.3 Å². The largest absolute Gasteiger partial charge is 0.484 e. The van der Waals surface area contributed by atoms with Crippen LogP contribution in [0.5, 0.6) is 5.75 Å². The van der Waals surface area contributed by atoms with Crippen molar-refractivity contribution < 1.29 is 22.7 Å². The zero-order chi connectivity index (χ0) is 14.8. The monoisotopic (exact) mass is 300 g/mol. The molecule has 0 N–H and O–H groups in total. The fourth-order valence-corrected chi connectivity index (χ4v) is 2.64. The summed E-state index contributed by atoms with van der Waals surface area (Å²) < 4.78 is 40.9. The third-order valence-electron chi connectivity index (χ3n) is 2.55. The maximum atomic E-state index is 12.1. The van der Waals surface area contributed by atoms with E-state index in [1.807, 2.05) is 18.4 Å². The molecule has 0 saturated heterocycles. The molecule has 20 heavy (non-hydrogen) atoms. The summed E-state index contributed by atoms with van der Waals surface area (Å²) in [5, 5.41) is 1.94. The second-order valence-corrected chi connectivity index (χ2v) is 5.17. The minimum absolute atomic E-state index is 0.0291. The lowest BCUT2D eigenvalue weighted by atomic mass is 10.1. The molecule has 0 aliphatic heterocycles. The Morgan fingerprint density at radius 2 is 2.05 bits per heavy atom. The maximum absolute atomic E-state index is 12.1. The summed E-state index contributed by atoms with van der Waals surface area (Å²) in [5.74, 6) is 0.0291. The van der Waals surface area contributed by atoms with Gasteiger partial charge < -0.3 is 4.74 Å². The smallest absolute Gasteiger partial charge is 0.422 e. The summed E-state index contributed by atoms with van der Waals surface area (Å²) in [6, 6.07) is 6.27. The molecule has 106 valence electrons. The number of halogens is 3. The molecule has 0 atom stereocenters. The summed E-state index contributed by atoms with van der Waals surface area (Å²) >= 11 is 1.48. The van der Waals surface area contributed by atoms with Crippen LogP contribution in [0.1, 0.15) is 15.9 Å². The maximum Gasteiger partial charge on any atom is 0.422 e. The number of benzene rings is 1. The Labute approximate surface area is 117 Å². The van der Waals surface area contributed by atoms with Crippen molar-refractivity contribution in [1.82, 2.24) is 0 Å². The number of carbonyl (C=O) groups excluding carboxylic acids is 1. The Balaban J connectivity index is 2.26. The van der Waals surface area contributed by atoms with Crippen molar-refractivity contribution >= 4 is 17.6 Å². The fourth-order valence-electron chi connectivity index (χ4n) is 1.69. The van der Waals surface area contributed by atoms with Gasteiger partial charge in [-0.2, -0.15) is 13.2 Å². The molecule has 0 aliphatic rings. The second-order valence-electron chi connectivity index (χ2n) is 4.26. The van der Waals surface area contributed by atoms with E-state index in [1.54, 1.807) is 6.07 Å². The van der Waals surface area contributed by atoms with Gasteiger partial charge in [-0.1, -0.05) is 0 Å². The number of ether oxygens (including phenoxy) is 1. The quantitative estimate of drug-likeness (QED) is 0.778. The third-order valence-corrected chi connectivity index (χ3v) is 3.63. The van der Waals surface area contributed by atoms with Crippen LogP contribution in [0.3, 0.4) is 0 Å². The van der Waals surface area contributed by atoms with Crippen LogP contribution in [-0.2, 0) is 0 Å². The summed E-state index contributed by atoms with van der Waals surface area (Å²) in [5.41, 5.74) is 2.07. The molecule has 0 saturated carbocycles. The highest BCUT2D eigenvalue weighted by molar-refractivity contribution is 7.13. The molecular formula is C14H11F3O2S. The number of hydrogen-bond donors (Lipinski definition) is 0. The molecule has 0 radical (unpaired) electrons. The van der Waals surface area contributed by atoms with Crippen molar-refractivity contribution in [2.75, 3.05) is 6.61 Å². The standard InChI is InChI=1S/C14H11F3O2S/c1-9-4-13(20-7-9)12-3-2-11(5-10(12)6-18)19-8-14(15,16)17/h2-7H,8H2,1H3. The van der Waals surface area contributed by atoms with Gasteiger partial charge in [-0.15, -0.1) is 11.3 Å². The zero-order valence-electron chi connectivity index (χ0n) is 10.5. The second kappa shape index (κ2) is 5.66. The lowest BCUT2D eigenvalue weighted by Crippen LogP contribution is -2.19. The zero-order valence-corrected chi connectivity index (χ0v) is 11.3. The predicted octanol–water partition coefficient (Wildman–Crippen LogP) is 4.48. The molecule has 0 bridgehead atoms. The first kappa shape index (κ1) is 14.6. The van der Waals surface area contributed by atoms with Gasteiger partial charge in [-0.3, -0.25) is 4.79 Å². The van der Waals surface area contributed by atoms with Gasteiger partial charge in [-0.25, -0.2) is 0 Å². The van der Waals surface area contributed by atoms with Crippen LogP contribution in [0.2, 0.25) is 0 Å². The molecule has 0 aliphatic carbocycles. The van der Waals surface area contributed by atoms with Crippen LogP contribution >= 0.6 is 11.3 Å². The van der Waals surface area contributed by atoms with Crippen LogP contribution < -0.4 is 4.74 Å². The van der Waals surface area contributed by atoms with E-state index in [1.165, 1.54) is 23.5 Å². The lowest BCUT2D eigenvalue weighted by molar-refractivity contribution is -0.153. The molecule has 1 aromatic heterocycles. The predicted molar refractivity (Wildman–Crippen MR) is 71.4 cm³/mol. The number of alkyl halides is 3. The van der Waals surface area contributed by atoms with E-state index in [2.05, 4.69) is 4.74 Å². The third kappa shape index (κ3) is 3.60. The Morgan fingerprint density at radius 1 is 1.30 bits per heavy atom. The highest BCUT2D eigenvalue weighted by atomic mass is 32.1. The van der Waals surface area contributed by atoms with Crippen molar-refractivity contribution in [2.24, 2.45) is 0 Å². The molecule has 6 heteroatoms. The molecule has 0 unspecified atom stereocenters. The molecular weight excluding hydrogens is 289 g/mol. The molecule has 0 amide bonds. The molecule has 1 heterocycles. The highest BCUT2D eigenvalue weighted by Crippen LogP contribution is 2.31. The summed E-state index contributed by atoms with van der Waals surface area (Å²) in [7, 11) is 0. The molecule has 2 aromatic rings. The minimum atomic E-state index is -4.40. The van der Waals surface area contributed by atoms with Gasteiger partial charge in [0.25, 0.3) is 0 Å². The Bertz CT molecular complexity index is 617. The van der Waals surface area contributed by atoms with E-state index in [-0.39, 0.29) is 5.75 Å². The molecule has 0 spiro atoms. The van der Waals surface area contributed by atoms with Gasteiger partial charge in [0.15, 0.2) is 12.9 Å². The van der Waals surface area contributed by atoms with Crippen LogP contribution in [0, 0.1) is 6.92 Å². The summed E-state index contributed by atoms with van der Waals surface area (Å²) in [6.07, 6.45) is -3.78. The lowest BCUT2D eigenvalue weighted by Gasteiger charge is -2.10. The van der Waals surface area contributed by atoms with Gasteiger partial charge in [0.1, 0.15) is 5.75 Å². The normalized spacial score (nSPS) is 11.4. The minimum Gasteiger partial charge on any atom is -0.484 e. The van der Waals surface area contributed by atoms with Crippen molar-refractivity contribution in [3.05, 3.63) is 40.8 Å². The Kier molecular flexibility index (Phi) is 4.13. The SMILES string of the molecule is Cc1csc(-c2ccc(OCC(F)(F)F)cc2C=O)c1. The first-order valence-corrected chi connectivity index (χ1v) is 6.61. The molecule has 2 nitrogen and oxygen atoms in total. The molecule has 0 fully saturated rings. The number of thiophene rings is 1. The van der Waals surface area contributed by atoms with E-state index in [0.29, 0.717) is 17.4 Å². The van der Waals surface area contributed by atoms with E-state index >= 15 is 0 Å². The number of carbonyl (C=O) groups is 1. The van der Waals surface area contributed by atoms with Crippen LogP contribution in [0.15, 0.2) is 29.6 Å². The van der Waals surface area contributed by atoms with Crippen LogP contribution in [-0.4, -0.2) is 19.1 Å². The highest BCUT2D eigenvalue weighted by Gasteiger charge is 2.28. The van der Waals surface area contributed by atoms with Gasteiger partial charge in [0.05, 0.1) is 0 Å². The summed E-state index contributed by atoms with van der Waals surface area (Å²) in [4.78, 5) is 12.0. The van der Waals surface area contributed by atoms with Gasteiger partial charge in [0, 0.05) is 16.0 Å². The van der Waals surface area contributed by atoms with Crippen molar-refractivity contribution in [3.8, 4) is 16.2 Å². The average molecular weight is 300 g/mol. The number of aldehydes is 1. The molecule has 1 aromatic carbocycles. The van der Waals surface area contributed by atoms with Crippen LogP contribution in [0.25, 0.3) is 10.4 Å². The Morgan fingerprint density at radius 3 is 2.60 bits per heavy atom. The van der Waals surface area contributed by atoms with Gasteiger partial charge in [-0.05, 0) is 42.1 Å². The first-order valence-electron chi connectivity index (χ1n) is 5.73. The Hall–Kier alpha value is -1.82. The summed E-state index contributed by atoms with van der Waals surface area (Å²) in [6.45, 7) is 0.560. The van der Waals surface area contributed by atoms with E-state index in [9.17, 15) is 18.0 Å². The number of rotatable bonds is 4. The van der Waals surface area contributed by atoms with Crippen LogP contribution in [0.4, 0.5) is 13.2 Å². The van der Waals surface area contributed by atoms with Crippen molar-refractivity contribution in [1.29, 1.82) is 0 Å².